The molecule has 2 aromatic rings. The fraction of sp³-hybridized carbons (Fsp3) is 0.381. The predicted octanol–water partition coefficient (Wildman–Crippen LogP) is 6.01. The van der Waals surface area contributed by atoms with Gasteiger partial charge in [0.2, 0.25) is 5.91 Å². The summed E-state index contributed by atoms with van der Waals surface area (Å²) < 4.78 is 37.7. The Labute approximate surface area is 151 Å². The molecule has 0 radical (unpaired) electrons. The highest BCUT2D eigenvalue weighted by atomic mass is 19.4. The first-order valence-electron chi connectivity index (χ1n) is 8.94. The largest absolute Gasteiger partial charge is 0.416 e. The summed E-state index contributed by atoms with van der Waals surface area (Å²) in [7, 11) is 0. The van der Waals surface area contributed by atoms with Crippen molar-refractivity contribution in [1.82, 2.24) is 0 Å². The van der Waals surface area contributed by atoms with Crippen molar-refractivity contribution in [3.05, 3.63) is 65.7 Å². The molecule has 1 N–H and O–H groups in total. The molecule has 0 aromatic heterocycles. The molecular weight excluding hydrogens is 339 g/mol. The second-order valence-electron chi connectivity index (χ2n) is 6.96. The Bertz CT molecular complexity index is 717. The molecule has 1 saturated carbocycles. The van der Waals surface area contributed by atoms with E-state index in [2.05, 4.69) is 29.6 Å². The number of halogens is 3. The minimum absolute atomic E-state index is 0.132. The van der Waals surface area contributed by atoms with Crippen LogP contribution in [0.4, 0.5) is 18.9 Å². The van der Waals surface area contributed by atoms with E-state index < -0.39 is 11.7 Å². The maximum Gasteiger partial charge on any atom is 0.416 e. The zero-order chi connectivity index (χ0) is 18.6. The second kappa shape index (κ2) is 7.94. The van der Waals surface area contributed by atoms with Crippen LogP contribution < -0.4 is 5.32 Å². The predicted molar refractivity (Wildman–Crippen MR) is 95.8 cm³/mol. The van der Waals surface area contributed by atoms with E-state index in [4.69, 9.17) is 0 Å². The summed E-state index contributed by atoms with van der Waals surface area (Å²) in [6.07, 6.45) is 0.201. The summed E-state index contributed by atoms with van der Waals surface area (Å²) in [4.78, 5) is 12.2. The normalized spacial score (nSPS) is 20.6. The van der Waals surface area contributed by atoms with Gasteiger partial charge in [-0.05, 0) is 67.3 Å². The number of hydrogen-bond donors (Lipinski definition) is 1. The summed E-state index contributed by atoms with van der Waals surface area (Å²) in [6.45, 7) is 0. The first-order chi connectivity index (χ1) is 12.4. The van der Waals surface area contributed by atoms with Crippen LogP contribution in [0.2, 0.25) is 0 Å². The van der Waals surface area contributed by atoms with Crippen molar-refractivity contribution < 1.29 is 18.0 Å². The molecule has 1 aliphatic carbocycles. The number of amides is 1. The number of carbonyl (C=O) groups is 1. The smallest absolute Gasteiger partial charge is 0.326 e. The van der Waals surface area contributed by atoms with Crippen molar-refractivity contribution in [2.75, 3.05) is 5.32 Å². The Morgan fingerprint density at radius 2 is 1.54 bits per heavy atom. The maximum absolute atomic E-state index is 12.6. The van der Waals surface area contributed by atoms with Crippen molar-refractivity contribution in [2.24, 2.45) is 5.92 Å². The molecule has 0 heterocycles. The topological polar surface area (TPSA) is 29.1 Å². The van der Waals surface area contributed by atoms with Crippen LogP contribution in [0.3, 0.4) is 0 Å². The third-order valence-electron chi connectivity index (χ3n) is 5.09. The van der Waals surface area contributed by atoms with Crippen LogP contribution in [0, 0.1) is 5.92 Å². The lowest BCUT2D eigenvalue weighted by atomic mass is 9.77. The highest BCUT2D eigenvalue weighted by Crippen LogP contribution is 2.37. The molecule has 0 spiro atoms. The molecule has 2 nitrogen and oxygen atoms in total. The third kappa shape index (κ3) is 4.87. The Morgan fingerprint density at radius 3 is 2.12 bits per heavy atom. The minimum atomic E-state index is -4.36. The van der Waals surface area contributed by atoms with E-state index in [0.717, 1.165) is 37.8 Å². The molecule has 1 fully saturated rings. The van der Waals surface area contributed by atoms with Crippen molar-refractivity contribution in [2.45, 2.75) is 44.2 Å². The van der Waals surface area contributed by atoms with Gasteiger partial charge in [-0.1, -0.05) is 30.3 Å². The molecule has 0 saturated heterocycles. The molecule has 0 unspecified atom stereocenters. The van der Waals surface area contributed by atoms with Gasteiger partial charge in [-0.15, -0.1) is 0 Å². The van der Waals surface area contributed by atoms with E-state index in [1.807, 2.05) is 6.07 Å². The van der Waals surface area contributed by atoms with Crippen LogP contribution in [-0.4, -0.2) is 5.91 Å². The summed E-state index contributed by atoms with van der Waals surface area (Å²) >= 11 is 0. The number of carbonyl (C=O) groups excluding carboxylic acids is 1. The van der Waals surface area contributed by atoms with Crippen molar-refractivity contribution in [3.8, 4) is 0 Å². The fourth-order valence-electron chi connectivity index (χ4n) is 3.64. The van der Waals surface area contributed by atoms with E-state index >= 15 is 0 Å². The summed E-state index contributed by atoms with van der Waals surface area (Å²) in [5.41, 5.74) is 1.05. The van der Waals surface area contributed by atoms with Gasteiger partial charge in [0.05, 0.1) is 5.56 Å². The SMILES string of the molecule is O=C(CC1CCC(c2ccccc2)CC1)Nc1ccc(C(F)(F)F)cc1. The van der Waals surface area contributed by atoms with E-state index in [-0.39, 0.29) is 5.91 Å². The van der Waals surface area contributed by atoms with Crippen LogP contribution in [0.15, 0.2) is 54.6 Å². The standard InChI is InChI=1S/C21H22F3NO/c22-21(23,24)18-10-12-19(13-11-18)25-20(26)14-15-6-8-17(9-7-15)16-4-2-1-3-5-16/h1-5,10-13,15,17H,6-9,14H2,(H,25,26). The molecule has 0 bridgehead atoms. The fourth-order valence-corrected chi connectivity index (χ4v) is 3.64. The lowest BCUT2D eigenvalue weighted by molar-refractivity contribution is -0.137. The highest BCUT2D eigenvalue weighted by Gasteiger charge is 2.30. The Hall–Kier alpha value is -2.30. The monoisotopic (exact) mass is 361 g/mol. The maximum atomic E-state index is 12.6. The molecule has 1 aliphatic rings. The van der Waals surface area contributed by atoms with Crippen LogP contribution in [0.5, 0.6) is 0 Å². The van der Waals surface area contributed by atoms with E-state index in [1.54, 1.807) is 0 Å². The third-order valence-corrected chi connectivity index (χ3v) is 5.09. The van der Waals surface area contributed by atoms with Gasteiger partial charge in [0, 0.05) is 12.1 Å². The van der Waals surface area contributed by atoms with Gasteiger partial charge in [-0.25, -0.2) is 0 Å². The summed E-state index contributed by atoms with van der Waals surface area (Å²) in [6, 6.07) is 15.0. The summed E-state index contributed by atoms with van der Waals surface area (Å²) in [5, 5.41) is 2.70. The number of rotatable bonds is 4. The molecule has 26 heavy (non-hydrogen) atoms. The molecule has 3 rings (SSSR count). The lowest BCUT2D eigenvalue weighted by Gasteiger charge is -2.28. The van der Waals surface area contributed by atoms with Gasteiger partial charge >= 0.3 is 6.18 Å². The molecule has 0 atom stereocenters. The average Bonchev–Trinajstić information content (AvgIpc) is 2.63. The zero-order valence-electron chi connectivity index (χ0n) is 14.4. The summed E-state index contributed by atoms with van der Waals surface area (Å²) in [5.74, 6) is 0.766. The van der Waals surface area contributed by atoms with Gasteiger partial charge in [-0.3, -0.25) is 4.79 Å². The number of hydrogen-bond acceptors (Lipinski definition) is 1. The van der Waals surface area contributed by atoms with Crippen LogP contribution in [0.1, 0.15) is 49.1 Å². The van der Waals surface area contributed by atoms with Gasteiger partial charge in [-0.2, -0.15) is 13.2 Å². The minimum Gasteiger partial charge on any atom is -0.326 e. The molecule has 138 valence electrons. The molecule has 5 heteroatoms. The van der Waals surface area contributed by atoms with Crippen molar-refractivity contribution >= 4 is 11.6 Å². The van der Waals surface area contributed by atoms with Crippen molar-refractivity contribution in [1.29, 1.82) is 0 Å². The highest BCUT2D eigenvalue weighted by molar-refractivity contribution is 5.90. The first-order valence-corrected chi connectivity index (χ1v) is 8.94. The van der Waals surface area contributed by atoms with Gasteiger partial charge in [0.15, 0.2) is 0 Å². The lowest BCUT2D eigenvalue weighted by Crippen LogP contribution is -2.20. The first kappa shape index (κ1) is 18.5. The Balaban J connectivity index is 1.47. The molecule has 0 aliphatic heterocycles. The Morgan fingerprint density at radius 1 is 0.923 bits per heavy atom. The number of benzene rings is 2. The van der Waals surface area contributed by atoms with Crippen LogP contribution in [0.25, 0.3) is 0 Å². The number of nitrogens with one attached hydrogen (secondary N) is 1. The average molecular weight is 361 g/mol. The second-order valence-corrected chi connectivity index (χ2v) is 6.96. The van der Waals surface area contributed by atoms with Gasteiger partial charge in [0.25, 0.3) is 0 Å². The molecule has 1 amide bonds. The quantitative estimate of drug-likeness (QED) is 0.710. The number of anilines is 1. The number of alkyl halides is 3. The van der Waals surface area contributed by atoms with Crippen LogP contribution >= 0.6 is 0 Å². The van der Waals surface area contributed by atoms with E-state index in [1.165, 1.54) is 17.7 Å². The van der Waals surface area contributed by atoms with Gasteiger partial charge < -0.3 is 5.32 Å². The van der Waals surface area contributed by atoms with Crippen LogP contribution in [-0.2, 0) is 11.0 Å². The van der Waals surface area contributed by atoms with Gasteiger partial charge in [0.1, 0.15) is 0 Å². The molecular formula is C21H22F3NO. The Kier molecular flexibility index (Phi) is 5.64. The molecule has 2 aromatic carbocycles. The van der Waals surface area contributed by atoms with E-state index in [0.29, 0.717) is 23.9 Å². The zero-order valence-corrected chi connectivity index (χ0v) is 14.4. The van der Waals surface area contributed by atoms with E-state index in [9.17, 15) is 18.0 Å². The van der Waals surface area contributed by atoms with Crippen molar-refractivity contribution in [3.63, 3.8) is 0 Å².